The van der Waals surface area contributed by atoms with Crippen LogP contribution in [-0.2, 0) is 0 Å². The first-order valence-electron chi connectivity index (χ1n) is 8.88. The first kappa shape index (κ1) is 19.6. The van der Waals surface area contributed by atoms with Crippen LogP contribution in [0.5, 0.6) is 11.5 Å². The summed E-state index contributed by atoms with van der Waals surface area (Å²) in [5, 5.41) is 3.38. The predicted molar refractivity (Wildman–Crippen MR) is 101 cm³/mol. The van der Waals surface area contributed by atoms with Gasteiger partial charge in [0.15, 0.2) is 11.6 Å². The van der Waals surface area contributed by atoms with Crippen molar-refractivity contribution in [3.8, 4) is 11.5 Å². The maximum Gasteiger partial charge on any atom is 0.254 e. The fourth-order valence-electron chi connectivity index (χ4n) is 3.81. The van der Waals surface area contributed by atoms with Gasteiger partial charge in [-0.25, -0.2) is 8.78 Å². The summed E-state index contributed by atoms with van der Waals surface area (Å²) in [7, 11) is 0. The smallest absolute Gasteiger partial charge is 0.254 e. The Morgan fingerprint density at radius 2 is 1.78 bits per heavy atom. The summed E-state index contributed by atoms with van der Waals surface area (Å²) in [5.74, 6) is -1.05. The van der Waals surface area contributed by atoms with Crippen molar-refractivity contribution in [2.24, 2.45) is 0 Å². The van der Waals surface area contributed by atoms with E-state index in [1.807, 2.05) is 4.90 Å². The quantitative estimate of drug-likeness (QED) is 0.850. The van der Waals surface area contributed by atoms with Gasteiger partial charge in [0.05, 0.1) is 0 Å². The topological polar surface area (TPSA) is 41.6 Å². The number of halogens is 3. The molecule has 0 saturated carbocycles. The maximum atomic E-state index is 13.7. The Kier molecular flexibility index (Phi) is 5.97. The zero-order chi connectivity index (χ0) is 18.1. The molecular weight excluding hydrogens is 374 g/mol. The standard InChI is InChI=1S/C20H20F2N2O2.ClH/c21-14-3-8-19(18(22)11-14)26-17-6-1-13(2-7-17)20(25)24-15-4-5-16(24)12-23-10-9-15;/h1-3,6-8,11,15-16,23H,4-5,9-10,12H2;1H. The van der Waals surface area contributed by atoms with Gasteiger partial charge in [0, 0.05) is 30.3 Å². The van der Waals surface area contributed by atoms with Crippen molar-refractivity contribution in [1.82, 2.24) is 10.2 Å². The second-order valence-corrected chi connectivity index (χ2v) is 6.79. The molecule has 2 bridgehead atoms. The number of hydrogen-bond donors (Lipinski definition) is 1. The van der Waals surface area contributed by atoms with Gasteiger partial charge in [-0.15, -0.1) is 12.4 Å². The van der Waals surface area contributed by atoms with Gasteiger partial charge in [-0.1, -0.05) is 0 Å². The average Bonchev–Trinajstić information content (AvgIpc) is 2.90. The molecule has 0 radical (unpaired) electrons. The molecule has 0 aliphatic carbocycles. The number of nitrogens with one attached hydrogen (secondary N) is 1. The van der Waals surface area contributed by atoms with E-state index in [1.165, 1.54) is 6.07 Å². The number of fused-ring (bicyclic) bond motifs is 2. The summed E-state index contributed by atoms with van der Waals surface area (Å²) >= 11 is 0. The largest absolute Gasteiger partial charge is 0.454 e. The van der Waals surface area contributed by atoms with Crippen molar-refractivity contribution in [2.45, 2.75) is 31.3 Å². The van der Waals surface area contributed by atoms with Crippen molar-refractivity contribution in [3.05, 3.63) is 59.7 Å². The van der Waals surface area contributed by atoms with Gasteiger partial charge in [-0.2, -0.15) is 0 Å². The Labute approximate surface area is 162 Å². The highest BCUT2D eigenvalue weighted by atomic mass is 35.5. The van der Waals surface area contributed by atoms with E-state index in [4.69, 9.17) is 4.74 Å². The van der Waals surface area contributed by atoms with E-state index in [0.29, 0.717) is 17.4 Å². The summed E-state index contributed by atoms with van der Waals surface area (Å²) < 4.78 is 32.1. The highest BCUT2D eigenvalue weighted by Gasteiger charge is 2.38. The number of nitrogens with zero attached hydrogens (tertiary/aromatic N) is 1. The van der Waals surface area contributed by atoms with Crippen molar-refractivity contribution in [1.29, 1.82) is 0 Å². The van der Waals surface area contributed by atoms with Crippen molar-refractivity contribution in [3.63, 3.8) is 0 Å². The lowest BCUT2D eigenvalue weighted by atomic mass is 10.1. The van der Waals surface area contributed by atoms with Crippen LogP contribution in [0, 0.1) is 11.6 Å². The zero-order valence-corrected chi connectivity index (χ0v) is 15.5. The number of carbonyl (C=O) groups excluding carboxylic acids is 1. The normalized spacial score (nSPS) is 21.3. The van der Waals surface area contributed by atoms with Crippen LogP contribution in [0.3, 0.4) is 0 Å². The Bertz CT molecular complexity index is 802. The third-order valence-corrected chi connectivity index (χ3v) is 5.11. The molecule has 2 aliphatic rings. The Morgan fingerprint density at radius 3 is 2.52 bits per heavy atom. The van der Waals surface area contributed by atoms with Gasteiger partial charge in [0.25, 0.3) is 5.91 Å². The lowest BCUT2D eigenvalue weighted by Gasteiger charge is -2.28. The SMILES string of the molecule is Cl.O=C(c1ccc(Oc2ccc(F)cc2F)cc1)N1C2CCNCC1CC2. The summed E-state index contributed by atoms with van der Waals surface area (Å²) in [6.07, 6.45) is 3.07. The summed E-state index contributed by atoms with van der Waals surface area (Å²) in [5.41, 5.74) is 0.593. The van der Waals surface area contributed by atoms with Gasteiger partial charge < -0.3 is 15.0 Å². The lowest BCUT2D eigenvalue weighted by molar-refractivity contribution is 0.0680. The minimum absolute atomic E-state index is 0. The molecule has 1 amide bonds. The number of hydrogen-bond acceptors (Lipinski definition) is 3. The highest BCUT2D eigenvalue weighted by Crippen LogP contribution is 2.30. The van der Waals surface area contributed by atoms with Crippen LogP contribution >= 0.6 is 12.4 Å². The number of carbonyl (C=O) groups is 1. The third-order valence-electron chi connectivity index (χ3n) is 5.11. The molecule has 2 fully saturated rings. The van der Waals surface area contributed by atoms with E-state index < -0.39 is 11.6 Å². The molecule has 4 nitrogen and oxygen atoms in total. The van der Waals surface area contributed by atoms with Crippen molar-refractivity contribution < 1.29 is 18.3 Å². The molecule has 1 N–H and O–H groups in total. The molecule has 0 spiro atoms. The molecule has 2 unspecified atom stereocenters. The number of rotatable bonds is 3. The van der Waals surface area contributed by atoms with E-state index in [0.717, 1.165) is 44.5 Å². The molecule has 0 aromatic heterocycles. The van der Waals surface area contributed by atoms with Gasteiger partial charge in [0.1, 0.15) is 11.6 Å². The summed E-state index contributed by atoms with van der Waals surface area (Å²) in [4.78, 5) is 14.9. The number of amides is 1. The van der Waals surface area contributed by atoms with Gasteiger partial charge in [0.2, 0.25) is 0 Å². The van der Waals surface area contributed by atoms with Crippen LogP contribution in [0.4, 0.5) is 8.78 Å². The fourth-order valence-corrected chi connectivity index (χ4v) is 3.81. The minimum atomic E-state index is -0.765. The molecule has 2 atom stereocenters. The van der Waals surface area contributed by atoms with Gasteiger partial charge >= 0.3 is 0 Å². The molecule has 7 heteroatoms. The van der Waals surface area contributed by atoms with Crippen LogP contribution in [0.2, 0.25) is 0 Å². The number of ether oxygens (including phenoxy) is 1. The lowest BCUT2D eigenvalue weighted by Crippen LogP contribution is -2.42. The molecule has 27 heavy (non-hydrogen) atoms. The second kappa shape index (κ2) is 8.23. The van der Waals surface area contributed by atoms with Crippen molar-refractivity contribution in [2.75, 3.05) is 13.1 Å². The van der Waals surface area contributed by atoms with Gasteiger partial charge in [-0.05, 0) is 62.2 Å². The van der Waals surface area contributed by atoms with E-state index >= 15 is 0 Å². The van der Waals surface area contributed by atoms with Crippen LogP contribution in [0.15, 0.2) is 42.5 Å². The fraction of sp³-hybridized carbons (Fsp3) is 0.350. The molecule has 144 valence electrons. The molecular formula is C20H21ClF2N2O2. The molecule has 4 rings (SSSR count). The predicted octanol–water partition coefficient (Wildman–Crippen LogP) is 4.15. The first-order valence-corrected chi connectivity index (χ1v) is 8.88. The summed E-state index contributed by atoms with van der Waals surface area (Å²) in [6.45, 7) is 1.79. The summed E-state index contributed by atoms with van der Waals surface area (Å²) in [6, 6.07) is 10.3. The van der Waals surface area contributed by atoms with E-state index in [-0.39, 0.29) is 30.1 Å². The molecule has 2 aliphatic heterocycles. The van der Waals surface area contributed by atoms with Crippen LogP contribution in [0.25, 0.3) is 0 Å². The Hall–Kier alpha value is -2.18. The Balaban J connectivity index is 0.00000210. The molecule has 2 heterocycles. The average molecular weight is 395 g/mol. The van der Waals surface area contributed by atoms with E-state index in [2.05, 4.69) is 5.32 Å². The molecule has 2 saturated heterocycles. The van der Waals surface area contributed by atoms with Crippen LogP contribution in [-0.4, -0.2) is 36.0 Å². The first-order chi connectivity index (χ1) is 12.6. The monoisotopic (exact) mass is 394 g/mol. The zero-order valence-electron chi connectivity index (χ0n) is 14.7. The molecule has 2 aromatic rings. The Morgan fingerprint density at radius 1 is 1.04 bits per heavy atom. The number of benzene rings is 2. The second-order valence-electron chi connectivity index (χ2n) is 6.79. The highest BCUT2D eigenvalue weighted by molar-refractivity contribution is 5.95. The maximum absolute atomic E-state index is 13.7. The third kappa shape index (κ3) is 4.06. The van der Waals surface area contributed by atoms with Crippen LogP contribution in [0.1, 0.15) is 29.6 Å². The minimum Gasteiger partial charge on any atom is -0.454 e. The van der Waals surface area contributed by atoms with E-state index in [9.17, 15) is 13.6 Å². The van der Waals surface area contributed by atoms with E-state index in [1.54, 1.807) is 24.3 Å². The van der Waals surface area contributed by atoms with Crippen LogP contribution < -0.4 is 10.1 Å². The van der Waals surface area contributed by atoms with Gasteiger partial charge in [-0.3, -0.25) is 4.79 Å². The molecule has 2 aromatic carbocycles. The van der Waals surface area contributed by atoms with Crippen molar-refractivity contribution >= 4 is 18.3 Å².